The van der Waals surface area contributed by atoms with Crippen molar-refractivity contribution in [2.75, 3.05) is 7.05 Å². The average Bonchev–Trinajstić information content (AvgIpc) is 2.41. The van der Waals surface area contributed by atoms with Gasteiger partial charge in [0.25, 0.3) is 0 Å². The van der Waals surface area contributed by atoms with Crippen molar-refractivity contribution in [2.45, 2.75) is 6.04 Å². The summed E-state index contributed by atoms with van der Waals surface area (Å²) in [6.45, 7) is 0. The van der Waals surface area contributed by atoms with Gasteiger partial charge in [-0.2, -0.15) is 0 Å². The fraction of sp³-hybridized carbons (Fsp3) is 0.143. The van der Waals surface area contributed by atoms with Gasteiger partial charge in [-0.05, 0) is 18.7 Å². The molecule has 2 aromatic carbocycles. The summed E-state index contributed by atoms with van der Waals surface area (Å²) in [7, 11) is 1.64. The van der Waals surface area contributed by atoms with E-state index in [9.17, 15) is 13.2 Å². The van der Waals surface area contributed by atoms with Gasteiger partial charge in [-0.3, -0.25) is 0 Å². The van der Waals surface area contributed by atoms with Gasteiger partial charge in [0.05, 0.1) is 6.04 Å². The first-order chi connectivity index (χ1) is 8.65. The lowest BCUT2D eigenvalue weighted by Gasteiger charge is -2.18. The largest absolute Gasteiger partial charge is 0.309 e. The molecule has 0 aromatic heterocycles. The number of benzene rings is 2. The van der Waals surface area contributed by atoms with Crippen LogP contribution in [0.4, 0.5) is 13.2 Å². The van der Waals surface area contributed by atoms with E-state index in [-0.39, 0.29) is 5.56 Å². The monoisotopic (exact) mass is 251 g/mol. The second-order valence-electron chi connectivity index (χ2n) is 3.90. The van der Waals surface area contributed by atoms with Gasteiger partial charge in [-0.15, -0.1) is 0 Å². The summed E-state index contributed by atoms with van der Waals surface area (Å²) in [5.74, 6) is -3.78. The highest BCUT2D eigenvalue weighted by atomic mass is 19.2. The molecule has 1 nitrogen and oxygen atoms in total. The van der Waals surface area contributed by atoms with E-state index < -0.39 is 23.5 Å². The van der Waals surface area contributed by atoms with E-state index in [1.165, 1.54) is 6.07 Å². The van der Waals surface area contributed by atoms with Crippen molar-refractivity contribution in [1.82, 2.24) is 5.32 Å². The maximum Gasteiger partial charge on any atom is 0.194 e. The van der Waals surface area contributed by atoms with E-state index in [2.05, 4.69) is 5.32 Å². The van der Waals surface area contributed by atoms with Gasteiger partial charge in [0.15, 0.2) is 17.5 Å². The Balaban J connectivity index is 2.50. The van der Waals surface area contributed by atoms with Gasteiger partial charge in [0.1, 0.15) is 0 Å². The van der Waals surface area contributed by atoms with Crippen molar-refractivity contribution >= 4 is 0 Å². The molecule has 0 aliphatic rings. The van der Waals surface area contributed by atoms with E-state index in [0.717, 1.165) is 11.6 Å². The SMILES string of the molecule is CNC(c1ccccc1)c1ccc(F)c(F)c1F. The van der Waals surface area contributed by atoms with Crippen LogP contribution in [0, 0.1) is 17.5 Å². The van der Waals surface area contributed by atoms with Crippen LogP contribution in [0.25, 0.3) is 0 Å². The molecule has 0 aliphatic carbocycles. The minimum absolute atomic E-state index is 0.0857. The highest BCUT2D eigenvalue weighted by Gasteiger charge is 2.20. The maximum absolute atomic E-state index is 13.7. The number of hydrogen-bond acceptors (Lipinski definition) is 1. The summed E-state index contributed by atoms with van der Waals surface area (Å²) in [4.78, 5) is 0. The van der Waals surface area contributed by atoms with E-state index in [4.69, 9.17) is 0 Å². The van der Waals surface area contributed by atoms with Crippen molar-refractivity contribution in [3.63, 3.8) is 0 Å². The average molecular weight is 251 g/mol. The van der Waals surface area contributed by atoms with E-state index in [0.29, 0.717) is 0 Å². The van der Waals surface area contributed by atoms with Crippen molar-refractivity contribution in [3.05, 3.63) is 71.0 Å². The molecule has 0 amide bonds. The Morgan fingerprint density at radius 2 is 1.56 bits per heavy atom. The zero-order valence-corrected chi connectivity index (χ0v) is 9.75. The molecule has 2 aromatic rings. The summed E-state index contributed by atoms with van der Waals surface area (Å²) < 4.78 is 39.9. The van der Waals surface area contributed by atoms with Gasteiger partial charge in [0, 0.05) is 5.56 Å². The molecule has 2 rings (SSSR count). The van der Waals surface area contributed by atoms with Gasteiger partial charge in [-0.25, -0.2) is 13.2 Å². The Kier molecular flexibility index (Phi) is 3.67. The normalized spacial score (nSPS) is 12.4. The first-order valence-corrected chi connectivity index (χ1v) is 5.50. The Bertz CT molecular complexity index is 540. The number of hydrogen-bond donors (Lipinski definition) is 1. The van der Waals surface area contributed by atoms with Crippen LogP contribution >= 0.6 is 0 Å². The van der Waals surface area contributed by atoms with Crippen molar-refractivity contribution in [2.24, 2.45) is 0 Å². The topological polar surface area (TPSA) is 12.0 Å². The Morgan fingerprint density at radius 1 is 0.889 bits per heavy atom. The lowest BCUT2D eigenvalue weighted by atomic mass is 9.98. The summed E-state index contributed by atoms with van der Waals surface area (Å²) in [5.41, 5.74) is 0.868. The molecular formula is C14H12F3N. The first kappa shape index (κ1) is 12.6. The van der Waals surface area contributed by atoms with Crippen molar-refractivity contribution in [1.29, 1.82) is 0 Å². The van der Waals surface area contributed by atoms with Gasteiger partial charge < -0.3 is 5.32 Å². The molecule has 0 heterocycles. The predicted molar refractivity (Wildman–Crippen MR) is 63.7 cm³/mol. The second kappa shape index (κ2) is 5.23. The fourth-order valence-electron chi connectivity index (χ4n) is 1.91. The molecule has 0 saturated heterocycles. The quantitative estimate of drug-likeness (QED) is 0.824. The maximum atomic E-state index is 13.7. The van der Waals surface area contributed by atoms with Crippen LogP contribution < -0.4 is 5.32 Å². The van der Waals surface area contributed by atoms with Crippen LogP contribution in [0.15, 0.2) is 42.5 Å². The molecule has 4 heteroatoms. The minimum atomic E-state index is -1.44. The van der Waals surface area contributed by atoms with Crippen LogP contribution in [-0.4, -0.2) is 7.05 Å². The van der Waals surface area contributed by atoms with Crippen LogP contribution in [-0.2, 0) is 0 Å². The summed E-state index contributed by atoms with van der Waals surface area (Å²) in [6, 6.07) is 10.7. The lowest BCUT2D eigenvalue weighted by molar-refractivity contribution is 0.435. The summed E-state index contributed by atoms with van der Waals surface area (Å²) >= 11 is 0. The molecule has 94 valence electrons. The lowest BCUT2D eigenvalue weighted by Crippen LogP contribution is -2.19. The molecule has 0 bridgehead atoms. The van der Waals surface area contributed by atoms with Crippen LogP contribution in [0.2, 0.25) is 0 Å². The molecule has 0 aliphatic heterocycles. The fourth-order valence-corrected chi connectivity index (χ4v) is 1.91. The smallest absolute Gasteiger partial charge is 0.194 e. The number of halogens is 3. The summed E-state index contributed by atoms with van der Waals surface area (Å²) in [5, 5.41) is 2.89. The molecule has 0 radical (unpaired) electrons. The molecule has 1 N–H and O–H groups in total. The number of nitrogens with one attached hydrogen (secondary N) is 1. The Hall–Kier alpha value is -1.81. The van der Waals surface area contributed by atoms with E-state index >= 15 is 0 Å². The van der Waals surface area contributed by atoms with Gasteiger partial charge in [0.2, 0.25) is 0 Å². The predicted octanol–water partition coefficient (Wildman–Crippen LogP) is 3.41. The van der Waals surface area contributed by atoms with E-state index in [1.54, 1.807) is 31.3 Å². The molecule has 1 atom stereocenters. The zero-order valence-electron chi connectivity index (χ0n) is 9.75. The molecule has 1 unspecified atom stereocenters. The third-order valence-corrected chi connectivity index (χ3v) is 2.80. The highest BCUT2D eigenvalue weighted by Crippen LogP contribution is 2.26. The van der Waals surface area contributed by atoms with Crippen molar-refractivity contribution in [3.8, 4) is 0 Å². The molecular weight excluding hydrogens is 239 g/mol. The first-order valence-electron chi connectivity index (χ1n) is 5.50. The highest BCUT2D eigenvalue weighted by molar-refractivity contribution is 5.33. The third-order valence-electron chi connectivity index (χ3n) is 2.80. The molecule has 0 saturated carbocycles. The molecule has 18 heavy (non-hydrogen) atoms. The third kappa shape index (κ3) is 2.24. The van der Waals surface area contributed by atoms with Crippen LogP contribution in [0.1, 0.15) is 17.2 Å². The van der Waals surface area contributed by atoms with Gasteiger partial charge >= 0.3 is 0 Å². The standard InChI is InChI=1S/C14H12F3N/c1-18-14(9-5-3-2-4-6-9)10-7-8-11(15)13(17)12(10)16/h2-8,14,18H,1H3. The van der Waals surface area contributed by atoms with Crippen molar-refractivity contribution < 1.29 is 13.2 Å². The van der Waals surface area contributed by atoms with Gasteiger partial charge in [-0.1, -0.05) is 36.4 Å². The number of rotatable bonds is 3. The summed E-state index contributed by atoms with van der Waals surface area (Å²) in [6.07, 6.45) is 0. The molecule has 0 spiro atoms. The molecule has 0 fully saturated rings. The Labute approximate surface area is 103 Å². The second-order valence-corrected chi connectivity index (χ2v) is 3.90. The van der Waals surface area contributed by atoms with Crippen LogP contribution in [0.3, 0.4) is 0 Å². The Morgan fingerprint density at radius 3 is 2.17 bits per heavy atom. The minimum Gasteiger partial charge on any atom is -0.309 e. The van der Waals surface area contributed by atoms with Crippen LogP contribution in [0.5, 0.6) is 0 Å². The van der Waals surface area contributed by atoms with E-state index in [1.807, 2.05) is 6.07 Å². The zero-order chi connectivity index (χ0) is 13.1.